The van der Waals surface area contributed by atoms with Crippen LogP contribution in [0.1, 0.15) is 11.4 Å². The molecule has 0 unspecified atom stereocenters. The molecule has 1 aliphatic rings. The van der Waals surface area contributed by atoms with Gasteiger partial charge in [-0.05, 0) is 53.6 Å². The number of halogens is 2. The average molecular weight is 481 g/mol. The maximum absolute atomic E-state index is 14.5. The number of rotatable bonds is 8. The summed E-state index contributed by atoms with van der Waals surface area (Å²) in [7, 11) is 0. The molecule has 0 saturated carbocycles. The number of aliphatic hydroxyl groups excluding tert-OH is 1. The van der Waals surface area contributed by atoms with Gasteiger partial charge in [0.2, 0.25) is 0 Å². The Hall–Kier alpha value is -3.76. The molecule has 0 saturated heterocycles. The number of hydrogen-bond donors (Lipinski definition) is 4. The van der Waals surface area contributed by atoms with E-state index >= 15 is 0 Å². The van der Waals surface area contributed by atoms with E-state index in [1.54, 1.807) is 29.3 Å². The molecular weight excluding hydrogens is 458 g/mol. The third-order valence-electron chi connectivity index (χ3n) is 5.08. The molecule has 0 atom stereocenters. The second-order valence-electron chi connectivity index (χ2n) is 7.33. The number of hydrogen-bond acceptors (Lipinski definition) is 7. The van der Waals surface area contributed by atoms with Crippen molar-refractivity contribution < 1.29 is 13.9 Å². The van der Waals surface area contributed by atoms with Gasteiger partial charge < -0.3 is 20.6 Å². The molecule has 4 N–H and O–H groups in total. The number of aliphatic hydroxyl groups is 1. The number of aromatic nitrogens is 3. The van der Waals surface area contributed by atoms with Crippen molar-refractivity contribution in [2.24, 2.45) is 0 Å². The second-order valence-corrected chi connectivity index (χ2v) is 7.95. The third kappa shape index (κ3) is 5.08. The summed E-state index contributed by atoms with van der Waals surface area (Å²) < 4.78 is 32.6. The fraction of sp³-hybridized carbons (Fsp3) is 0.125. The molecule has 10 heteroatoms. The van der Waals surface area contributed by atoms with E-state index in [0.29, 0.717) is 34.8 Å². The predicted octanol–water partition coefficient (Wildman–Crippen LogP) is 4.47. The summed E-state index contributed by atoms with van der Waals surface area (Å²) in [5.74, 6) is -0.794. The van der Waals surface area contributed by atoms with Gasteiger partial charge in [0.25, 0.3) is 0 Å². The molecule has 2 heterocycles. The number of anilines is 1. The number of dihydropyridines is 1. The first-order valence-corrected chi connectivity index (χ1v) is 11.5. The molecule has 4 rings (SSSR count). The van der Waals surface area contributed by atoms with E-state index in [1.807, 2.05) is 24.5 Å². The van der Waals surface area contributed by atoms with Crippen LogP contribution in [0.5, 0.6) is 0 Å². The van der Waals surface area contributed by atoms with Crippen LogP contribution in [0.2, 0.25) is 0 Å². The standard InChI is InChI=1S/C24H22F2N6OS/c1-34-31-19-9-16(20-4-3-18(25)11-22(20)26)8-17(10-19)21(12-27)23-5-2-15(13-28-23)24-29-14-32(30-24)6-7-33/h2-5,8-14,27-28,31,33H,6-7H2,1H3/b23-21+,27-12?. The van der Waals surface area contributed by atoms with Crippen molar-refractivity contribution in [1.82, 2.24) is 20.1 Å². The van der Waals surface area contributed by atoms with Gasteiger partial charge in [0.05, 0.1) is 13.2 Å². The zero-order valence-electron chi connectivity index (χ0n) is 18.2. The lowest BCUT2D eigenvalue weighted by atomic mass is 9.96. The number of nitrogens with zero attached hydrogens (tertiary/aromatic N) is 3. The van der Waals surface area contributed by atoms with Crippen molar-refractivity contribution in [3.63, 3.8) is 0 Å². The first kappa shape index (κ1) is 23.4. The smallest absolute Gasteiger partial charge is 0.182 e. The minimum atomic E-state index is -0.660. The Kier molecular flexibility index (Phi) is 7.19. The number of nitrogens with one attached hydrogen (secondary N) is 3. The van der Waals surface area contributed by atoms with Crippen LogP contribution in [0.25, 0.3) is 22.3 Å². The third-order valence-corrected chi connectivity index (χ3v) is 5.52. The lowest BCUT2D eigenvalue weighted by Crippen LogP contribution is -2.11. The van der Waals surface area contributed by atoms with Crippen LogP contribution in [0.15, 0.2) is 66.8 Å². The quantitative estimate of drug-likeness (QED) is 0.281. The summed E-state index contributed by atoms with van der Waals surface area (Å²) in [5, 5.41) is 24.6. The lowest BCUT2D eigenvalue weighted by molar-refractivity contribution is 0.269. The van der Waals surface area contributed by atoms with Crippen molar-refractivity contribution >= 4 is 35.0 Å². The van der Waals surface area contributed by atoms with E-state index in [-0.39, 0.29) is 12.2 Å². The molecule has 0 fully saturated rings. The fourth-order valence-corrected chi connectivity index (χ4v) is 3.88. The van der Waals surface area contributed by atoms with Crippen LogP contribution < -0.4 is 10.0 Å². The molecular formula is C24H22F2N6OS. The summed E-state index contributed by atoms with van der Waals surface area (Å²) in [4.78, 5) is 4.25. The average Bonchev–Trinajstić information content (AvgIpc) is 3.29. The Morgan fingerprint density at radius 1 is 1.24 bits per heavy atom. The molecule has 34 heavy (non-hydrogen) atoms. The SMILES string of the molecule is CSNc1cc(/C(C=N)=C2\C=CC(c3ncn(CCO)n3)=CN2)cc(-c2ccc(F)cc2F)c1. The van der Waals surface area contributed by atoms with Crippen LogP contribution in [-0.2, 0) is 6.54 Å². The van der Waals surface area contributed by atoms with E-state index < -0.39 is 11.6 Å². The van der Waals surface area contributed by atoms with Crippen LogP contribution in [-0.4, -0.2) is 38.9 Å². The van der Waals surface area contributed by atoms with Gasteiger partial charge in [-0.1, -0.05) is 11.9 Å². The van der Waals surface area contributed by atoms with E-state index in [1.165, 1.54) is 30.3 Å². The highest BCUT2D eigenvalue weighted by Gasteiger charge is 2.15. The van der Waals surface area contributed by atoms with Gasteiger partial charge in [-0.25, -0.2) is 13.8 Å². The summed E-state index contributed by atoms with van der Waals surface area (Å²) in [6.45, 7) is 0.331. The monoisotopic (exact) mass is 480 g/mol. The molecule has 174 valence electrons. The van der Waals surface area contributed by atoms with E-state index in [0.717, 1.165) is 17.3 Å². The van der Waals surface area contributed by atoms with Crippen LogP contribution >= 0.6 is 11.9 Å². The van der Waals surface area contributed by atoms with Crippen molar-refractivity contribution in [1.29, 1.82) is 5.41 Å². The maximum atomic E-state index is 14.5. The molecule has 3 aromatic rings. The van der Waals surface area contributed by atoms with Crippen molar-refractivity contribution in [3.05, 3.63) is 89.8 Å². The summed E-state index contributed by atoms with van der Waals surface area (Å²) in [5.41, 5.74) is 4.22. The summed E-state index contributed by atoms with van der Waals surface area (Å²) in [6.07, 6.45) is 10.0. The van der Waals surface area contributed by atoms with Gasteiger partial charge in [-0.3, -0.25) is 4.68 Å². The normalized spacial score (nSPS) is 14.4. The van der Waals surface area contributed by atoms with Crippen LogP contribution in [0.3, 0.4) is 0 Å². The van der Waals surface area contributed by atoms with Gasteiger partial charge in [0, 0.05) is 52.8 Å². The number of benzene rings is 2. The van der Waals surface area contributed by atoms with Crippen LogP contribution in [0.4, 0.5) is 14.5 Å². The van der Waals surface area contributed by atoms with Crippen molar-refractivity contribution in [3.8, 4) is 11.1 Å². The van der Waals surface area contributed by atoms with E-state index in [4.69, 9.17) is 10.5 Å². The summed E-state index contributed by atoms with van der Waals surface area (Å²) in [6, 6.07) is 8.88. The van der Waals surface area contributed by atoms with E-state index in [9.17, 15) is 8.78 Å². The molecule has 0 radical (unpaired) electrons. The molecule has 0 aliphatic carbocycles. The highest BCUT2D eigenvalue weighted by molar-refractivity contribution is 7.99. The highest BCUT2D eigenvalue weighted by atomic mass is 32.2. The first-order valence-electron chi connectivity index (χ1n) is 10.3. The minimum Gasteiger partial charge on any atom is -0.394 e. The summed E-state index contributed by atoms with van der Waals surface area (Å²) >= 11 is 1.38. The van der Waals surface area contributed by atoms with Crippen LogP contribution in [0, 0.1) is 17.0 Å². The van der Waals surface area contributed by atoms with Gasteiger partial charge in [-0.15, -0.1) is 0 Å². The molecule has 2 aromatic carbocycles. The highest BCUT2D eigenvalue weighted by Crippen LogP contribution is 2.32. The van der Waals surface area contributed by atoms with Gasteiger partial charge in [-0.2, -0.15) is 5.10 Å². The molecule has 7 nitrogen and oxygen atoms in total. The Bertz CT molecular complexity index is 1310. The molecule has 0 spiro atoms. The van der Waals surface area contributed by atoms with Gasteiger partial charge in [0.1, 0.15) is 18.0 Å². The van der Waals surface area contributed by atoms with E-state index in [2.05, 4.69) is 20.1 Å². The van der Waals surface area contributed by atoms with Gasteiger partial charge in [0.15, 0.2) is 5.82 Å². The Balaban J connectivity index is 1.70. The maximum Gasteiger partial charge on any atom is 0.182 e. The zero-order valence-corrected chi connectivity index (χ0v) is 19.0. The number of allylic oxidation sites excluding steroid dienone is 4. The van der Waals surface area contributed by atoms with Gasteiger partial charge >= 0.3 is 0 Å². The lowest BCUT2D eigenvalue weighted by Gasteiger charge is -2.16. The molecule has 1 aromatic heterocycles. The Morgan fingerprint density at radius 2 is 2.09 bits per heavy atom. The zero-order chi connectivity index (χ0) is 24.1. The molecule has 1 aliphatic heterocycles. The van der Waals surface area contributed by atoms with Crippen molar-refractivity contribution in [2.45, 2.75) is 6.54 Å². The van der Waals surface area contributed by atoms with Crippen molar-refractivity contribution in [2.75, 3.05) is 17.6 Å². The second kappa shape index (κ2) is 10.4. The first-order chi connectivity index (χ1) is 16.5. The topological polar surface area (TPSA) is 98.9 Å². The molecule has 0 amide bonds. The fourth-order valence-electron chi connectivity index (χ4n) is 3.52. The largest absolute Gasteiger partial charge is 0.394 e. The predicted molar refractivity (Wildman–Crippen MR) is 132 cm³/mol. The molecule has 0 bridgehead atoms. The Morgan fingerprint density at radius 3 is 2.76 bits per heavy atom. The Labute approximate surface area is 199 Å². The minimum absolute atomic E-state index is 0.0280.